The molecule has 9 heteroatoms. The van der Waals surface area contributed by atoms with E-state index < -0.39 is 10.0 Å². The summed E-state index contributed by atoms with van der Waals surface area (Å²) in [7, 11) is -3.68. The van der Waals surface area contributed by atoms with E-state index >= 15 is 0 Å². The molecule has 0 spiro atoms. The van der Waals surface area contributed by atoms with E-state index in [1.165, 1.54) is 22.5 Å². The minimum atomic E-state index is -3.68. The van der Waals surface area contributed by atoms with Crippen molar-refractivity contribution in [3.05, 3.63) is 51.9 Å². The van der Waals surface area contributed by atoms with E-state index in [1.54, 1.807) is 24.0 Å². The third-order valence-electron chi connectivity index (χ3n) is 4.01. The summed E-state index contributed by atoms with van der Waals surface area (Å²) >= 11 is 11.8. The van der Waals surface area contributed by atoms with Gasteiger partial charge in [-0.2, -0.15) is 4.31 Å². The van der Waals surface area contributed by atoms with Crippen LogP contribution in [0, 0.1) is 6.92 Å². The monoisotopic (exact) mass is 402 g/mol. The van der Waals surface area contributed by atoms with E-state index in [-0.39, 0.29) is 34.7 Å². The molecule has 1 saturated heterocycles. The number of sulfonamides is 1. The molecule has 0 radical (unpaired) electrons. The number of carbonyl (C=O) groups is 1. The van der Waals surface area contributed by atoms with Gasteiger partial charge in [0, 0.05) is 26.2 Å². The lowest BCUT2D eigenvalue weighted by atomic mass is 10.3. The van der Waals surface area contributed by atoms with Crippen molar-refractivity contribution in [1.29, 1.82) is 0 Å². The Kier molecular flexibility index (Phi) is 5.11. The molecule has 1 aliphatic rings. The average molecular weight is 403 g/mol. The predicted molar refractivity (Wildman–Crippen MR) is 94.6 cm³/mol. The molecule has 2 heterocycles. The van der Waals surface area contributed by atoms with Crippen molar-refractivity contribution in [2.24, 2.45) is 0 Å². The van der Waals surface area contributed by atoms with Crippen LogP contribution < -0.4 is 0 Å². The first-order valence-electron chi connectivity index (χ1n) is 7.60. The molecule has 1 aromatic heterocycles. The van der Waals surface area contributed by atoms with Crippen LogP contribution in [0.1, 0.15) is 16.3 Å². The summed E-state index contributed by atoms with van der Waals surface area (Å²) in [5, 5.41) is 0.481. The molecule has 0 bridgehead atoms. The molecule has 0 N–H and O–H groups in total. The fraction of sp³-hybridized carbons (Fsp3) is 0.312. The van der Waals surface area contributed by atoms with E-state index in [0.29, 0.717) is 23.9 Å². The summed E-state index contributed by atoms with van der Waals surface area (Å²) in [6.07, 6.45) is 0. The molecular formula is C16H16Cl2N2O4S. The Morgan fingerprint density at radius 3 is 2.28 bits per heavy atom. The van der Waals surface area contributed by atoms with Crippen LogP contribution in [-0.4, -0.2) is 49.7 Å². The highest BCUT2D eigenvalue weighted by atomic mass is 35.5. The van der Waals surface area contributed by atoms with E-state index in [4.69, 9.17) is 27.6 Å². The summed E-state index contributed by atoms with van der Waals surface area (Å²) in [4.78, 5) is 14.0. The minimum Gasteiger partial charge on any atom is -0.456 e. The molecular weight excluding hydrogens is 387 g/mol. The van der Waals surface area contributed by atoms with E-state index in [2.05, 4.69) is 0 Å². The Hall–Kier alpha value is -1.54. The van der Waals surface area contributed by atoms with Crippen molar-refractivity contribution in [3.8, 4) is 0 Å². The van der Waals surface area contributed by atoms with Gasteiger partial charge in [0.05, 0.1) is 14.9 Å². The molecule has 0 aliphatic carbocycles. The fourth-order valence-electron chi connectivity index (χ4n) is 2.62. The molecule has 0 unspecified atom stereocenters. The lowest BCUT2D eigenvalue weighted by molar-refractivity contribution is 0.0664. The zero-order chi connectivity index (χ0) is 18.2. The molecule has 0 saturated carbocycles. The van der Waals surface area contributed by atoms with Gasteiger partial charge < -0.3 is 9.32 Å². The lowest BCUT2D eigenvalue weighted by Crippen LogP contribution is -2.50. The SMILES string of the molecule is Cc1ccc(C(=O)N2CCN(S(=O)(=O)c3ccc(Cl)c(Cl)c3)CC2)o1. The number of amides is 1. The number of hydrogen-bond donors (Lipinski definition) is 0. The first kappa shape index (κ1) is 18.3. The summed E-state index contributed by atoms with van der Waals surface area (Å²) in [6.45, 7) is 2.75. The molecule has 2 aromatic rings. The highest BCUT2D eigenvalue weighted by Gasteiger charge is 2.31. The highest BCUT2D eigenvalue weighted by Crippen LogP contribution is 2.27. The highest BCUT2D eigenvalue weighted by molar-refractivity contribution is 7.89. The maximum atomic E-state index is 12.7. The number of furan rings is 1. The van der Waals surface area contributed by atoms with Crippen LogP contribution >= 0.6 is 23.2 Å². The molecule has 134 valence electrons. The normalized spacial score (nSPS) is 16.2. The quantitative estimate of drug-likeness (QED) is 0.790. The number of aryl methyl sites for hydroxylation is 1. The summed E-state index contributed by atoms with van der Waals surface area (Å²) in [5.41, 5.74) is 0. The molecule has 1 fully saturated rings. The van der Waals surface area contributed by atoms with Gasteiger partial charge >= 0.3 is 0 Å². The molecule has 6 nitrogen and oxygen atoms in total. The summed E-state index contributed by atoms with van der Waals surface area (Å²) < 4.78 is 32.1. The van der Waals surface area contributed by atoms with Crippen molar-refractivity contribution in [1.82, 2.24) is 9.21 Å². The predicted octanol–water partition coefficient (Wildman–Crippen LogP) is 3.04. The molecule has 0 atom stereocenters. The second kappa shape index (κ2) is 6.99. The largest absolute Gasteiger partial charge is 0.456 e. The zero-order valence-corrected chi connectivity index (χ0v) is 15.7. The van der Waals surface area contributed by atoms with E-state index in [0.717, 1.165) is 0 Å². The van der Waals surface area contributed by atoms with Crippen molar-refractivity contribution in [2.75, 3.05) is 26.2 Å². The first-order valence-corrected chi connectivity index (χ1v) is 9.79. The smallest absolute Gasteiger partial charge is 0.289 e. The Bertz CT molecular complexity index is 903. The van der Waals surface area contributed by atoms with Gasteiger partial charge in [0.2, 0.25) is 10.0 Å². The Labute approximate surface area is 156 Å². The van der Waals surface area contributed by atoms with Gasteiger partial charge in [-0.15, -0.1) is 0 Å². The van der Waals surface area contributed by atoms with Gasteiger partial charge in [-0.05, 0) is 37.3 Å². The van der Waals surface area contributed by atoms with Gasteiger partial charge in [0.15, 0.2) is 5.76 Å². The molecule has 1 amide bonds. The van der Waals surface area contributed by atoms with Crippen molar-refractivity contribution in [2.45, 2.75) is 11.8 Å². The molecule has 3 rings (SSSR count). The van der Waals surface area contributed by atoms with Gasteiger partial charge in [-0.3, -0.25) is 4.79 Å². The summed E-state index contributed by atoms with van der Waals surface area (Å²) in [5.74, 6) is 0.683. The lowest BCUT2D eigenvalue weighted by Gasteiger charge is -2.33. The van der Waals surface area contributed by atoms with Gasteiger partial charge in [0.25, 0.3) is 5.91 Å². The second-order valence-electron chi connectivity index (χ2n) is 5.68. The van der Waals surface area contributed by atoms with Crippen LogP contribution in [0.3, 0.4) is 0 Å². The Morgan fingerprint density at radius 1 is 1.04 bits per heavy atom. The van der Waals surface area contributed by atoms with Crippen molar-refractivity contribution >= 4 is 39.1 Å². The van der Waals surface area contributed by atoms with Gasteiger partial charge in [-0.25, -0.2) is 8.42 Å². The van der Waals surface area contributed by atoms with Crippen LogP contribution in [0.5, 0.6) is 0 Å². The maximum absolute atomic E-state index is 12.7. The van der Waals surface area contributed by atoms with Crippen LogP contribution in [0.2, 0.25) is 10.0 Å². The van der Waals surface area contributed by atoms with Crippen molar-refractivity contribution in [3.63, 3.8) is 0 Å². The zero-order valence-electron chi connectivity index (χ0n) is 13.4. The van der Waals surface area contributed by atoms with Gasteiger partial charge in [0.1, 0.15) is 5.76 Å². The average Bonchev–Trinajstić information content (AvgIpc) is 3.03. The fourth-order valence-corrected chi connectivity index (χ4v) is 4.43. The number of piperazine rings is 1. The standard InChI is InChI=1S/C16H16Cl2N2O4S/c1-11-2-5-15(24-11)16(21)19-6-8-20(9-7-19)25(22,23)12-3-4-13(17)14(18)10-12/h2-5,10H,6-9H2,1H3. The van der Waals surface area contributed by atoms with Crippen LogP contribution in [0.25, 0.3) is 0 Å². The molecule has 1 aliphatic heterocycles. The minimum absolute atomic E-state index is 0.0864. The number of benzene rings is 1. The third kappa shape index (κ3) is 3.69. The Balaban J connectivity index is 1.71. The van der Waals surface area contributed by atoms with Crippen LogP contribution in [-0.2, 0) is 10.0 Å². The van der Waals surface area contributed by atoms with Crippen LogP contribution in [0.15, 0.2) is 39.6 Å². The topological polar surface area (TPSA) is 70.8 Å². The van der Waals surface area contributed by atoms with Gasteiger partial charge in [-0.1, -0.05) is 23.2 Å². The van der Waals surface area contributed by atoms with E-state index in [9.17, 15) is 13.2 Å². The first-order chi connectivity index (χ1) is 11.8. The van der Waals surface area contributed by atoms with Crippen molar-refractivity contribution < 1.29 is 17.6 Å². The molecule has 25 heavy (non-hydrogen) atoms. The third-order valence-corrected chi connectivity index (χ3v) is 6.64. The number of rotatable bonds is 3. The van der Waals surface area contributed by atoms with E-state index in [1.807, 2.05) is 0 Å². The molecule has 1 aromatic carbocycles. The number of nitrogens with zero attached hydrogens (tertiary/aromatic N) is 2. The Morgan fingerprint density at radius 2 is 1.72 bits per heavy atom. The maximum Gasteiger partial charge on any atom is 0.289 e. The number of carbonyl (C=O) groups excluding carboxylic acids is 1. The number of hydrogen-bond acceptors (Lipinski definition) is 4. The second-order valence-corrected chi connectivity index (χ2v) is 8.43. The summed E-state index contributed by atoms with van der Waals surface area (Å²) in [6, 6.07) is 7.56. The van der Waals surface area contributed by atoms with Crippen LogP contribution in [0.4, 0.5) is 0 Å². The number of halogens is 2.